The molecule has 0 atom stereocenters. The lowest BCUT2D eigenvalue weighted by Gasteiger charge is -2.23. The molecule has 0 unspecified atom stereocenters. The molecule has 1 aliphatic rings. The van der Waals surface area contributed by atoms with Crippen LogP contribution in [0, 0.1) is 0 Å². The van der Waals surface area contributed by atoms with Crippen molar-refractivity contribution in [1.82, 2.24) is 10.3 Å². The normalized spacial score (nSPS) is 16.0. The first-order valence-corrected chi connectivity index (χ1v) is 6.89. The summed E-state index contributed by atoms with van der Waals surface area (Å²) in [5.41, 5.74) is 5.34. The van der Waals surface area contributed by atoms with Crippen LogP contribution in [0.3, 0.4) is 0 Å². The number of halogens is 1. The van der Waals surface area contributed by atoms with Crippen molar-refractivity contribution < 1.29 is 0 Å². The maximum absolute atomic E-state index is 6.46. The standard InChI is InChI=1S/C15H19ClN2/c1-15(2,3)14-10(16)4-5-11-13(14)9-6-7-17-8-12(9)18-11/h4-5,17-18H,6-8H2,1-3H3. The fourth-order valence-electron chi connectivity index (χ4n) is 2.97. The summed E-state index contributed by atoms with van der Waals surface area (Å²) in [4.78, 5) is 3.53. The van der Waals surface area contributed by atoms with E-state index in [0.29, 0.717) is 0 Å². The molecule has 18 heavy (non-hydrogen) atoms. The predicted octanol–water partition coefficient (Wildman–Crippen LogP) is 3.76. The van der Waals surface area contributed by atoms with Gasteiger partial charge >= 0.3 is 0 Å². The van der Waals surface area contributed by atoms with Gasteiger partial charge in [0.25, 0.3) is 0 Å². The van der Waals surface area contributed by atoms with E-state index in [9.17, 15) is 0 Å². The van der Waals surface area contributed by atoms with Gasteiger partial charge in [0.05, 0.1) is 0 Å². The highest BCUT2D eigenvalue weighted by Crippen LogP contribution is 2.39. The van der Waals surface area contributed by atoms with E-state index in [0.717, 1.165) is 24.5 Å². The summed E-state index contributed by atoms with van der Waals surface area (Å²) >= 11 is 6.46. The minimum Gasteiger partial charge on any atom is -0.357 e. The van der Waals surface area contributed by atoms with Gasteiger partial charge in [0.2, 0.25) is 0 Å². The second-order valence-corrected chi connectivity index (χ2v) is 6.51. The van der Waals surface area contributed by atoms with Crippen LogP contribution in [0.15, 0.2) is 12.1 Å². The van der Waals surface area contributed by atoms with Crippen LogP contribution in [-0.4, -0.2) is 11.5 Å². The summed E-state index contributed by atoms with van der Waals surface area (Å²) in [6.45, 7) is 8.68. The summed E-state index contributed by atoms with van der Waals surface area (Å²) in [7, 11) is 0. The Morgan fingerprint density at radius 2 is 2.00 bits per heavy atom. The zero-order chi connectivity index (χ0) is 12.9. The maximum atomic E-state index is 6.46. The lowest BCUT2D eigenvalue weighted by Crippen LogP contribution is -2.23. The first-order chi connectivity index (χ1) is 8.48. The lowest BCUT2D eigenvalue weighted by atomic mass is 9.83. The first-order valence-electron chi connectivity index (χ1n) is 6.51. The Hall–Kier alpha value is -0.990. The van der Waals surface area contributed by atoms with Gasteiger partial charge in [-0.1, -0.05) is 32.4 Å². The molecule has 96 valence electrons. The van der Waals surface area contributed by atoms with Crippen LogP contribution in [0.5, 0.6) is 0 Å². The number of aromatic amines is 1. The van der Waals surface area contributed by atoms with E-state index < -0.39 is 0 Å². The van der Waals surface area contributed by atoms with Crippen LogP contribution < -0.4 is 5.32 Å². The van der Waals surface area contributed by atoms with E-state index in [1.807, 2.05) is 6.07 Å². The van der Waals surface area contributed by atoms with Crippen LogP contribution in [0.2, 0.25) is 5.02 Å². The number of nitrogens with one attached hydrogen (secondary N) is 2. The second-order valence-electron chi connectivity index (χ2n) is 6.10. The molecule has 3 rings (SSSR count). The third-order valence-electron chi connectivity index (χ3n) is 3.71. The van der Waals surface area contributed by atoms with Crippen molar-refractivity contribution in [1.29, 1.82) is 0 Å². The average Bonchev–Trinajstić information content (AvgIpc) is 2.66. The second kappa shape index (κ2) is 4.01. The van der Waals surface area contributed by atoms with Crippen LogP contribution in [0.4, 0.5) is 0 Å². The fourth-order valence-corrected chi connectivity index (χ4v) is 3.41. The van der Waals surface area contributed by atoms with Gasteiger partial charge in [0.1, 0.15) is 0 Å². The number of H-pyrrole nitrogens is 1. The van der Waals surface area contributed by atoms with Crippen molar-refractivity contribution in [2.75, 3.05) is 6.54 Å². The van der Waals surface area contributed by atoms with Gasteiger partial charge in [-0.2, -0.15) is 0 Å². The predicted molar refractivity (Wildman–Crippen MR) is 77.4 cm³/mol. The van der Waals surface area contributed by atoms with Crippen LogP contribution in [-0.2, 0) is 18.4 Å². The Labute approximate surface area is 113 Å². The number of rotatable bonds is 0. The Balaban J connectivity index is 2.39. The van der Waals surface area contributed by atoms with Gasteiger partial charge in [-0.15, -0.1) is 0 Å². The van der Waals surface area contributed by atoms with Gasteiger partial charge in [-0.3, -0.25) is 0 Å². The molecule has 3 heteroatoms. The number of hydrogen-bond donors (Lipinski definition) is 2. The van der Waals surface area contributed by atoms with E-state index in [1.165, 1.54) is 27.7 Å². The van der Waals surface area contributed by atoms with Crippen molar-refractivity contribution in [3.8, 4) is 0 Å². The molecule has 0 bridgehead atoms. The van der Waals surface area contributed by atoms with Gasteiger partial charge < -0.3 is 10.3 Å². The van der Waals surface area contributed by atoms with Gasteiger partial charge in [-0.05, 0) is 41.6 Å². The molecule has 0 aliphatic carbocycles. The summed E-state index contributed by atoms with van der Waals surface area (Å²) in [6, 6.07) is 4.12. The van der Waals surface area contributed by atoms with Crippen molar-refractivity contribution in [2.45, 2.75) is 39.2 Å². The van der Waals surface area contributed by atoms with Crippen molar-refractivity contribution in [2.24, 2.45) is 0 Å². The monoisotopic (exact) mass is 262 g/mol. The van der Waals surface area contributed by atoms with Crippen molar-refractivity contribution >= 4 is 22.5 Å². The largest absolute Gasteiger partial charge is 0.357 e. The third kappa shape index (κ3) is 1.75. The summed E-state index contributed by atoms with van der Waals surface area (Å²) in [6.07, 6.45) is 1.08. The summed E-state index contributed by atoms with van der Waals surface area (Å²) in [5.74, 6) is 0. The highest BCUT2D eigenvalue weighted by Gasteiger charge is 2.25. The number of fused-ring (bicyclic) bond motifs is 3. The molecule has 0 fully saturated rings. The zero-order valence-electron chi connectivity index (χ0n) is 11.2. The molecule has 2 heterocycles. The topological polar surface area (TPSA) is 27.8 Å². The molecule has 1 aromatic carbocycles. The van der Waals surface area contributed by atoms with E-state index in [-0.39, 0.29) is 5.41 Å². The number of hydrogen-bond acceptors (Lipinski definition) is 1. The average molecular weight is 263 g/mol. The van der Waals surface area contributed by atoms with Gasteiger partial charge in [0, 0.05) is 28.2 Å². The molecule has 0 radical (unpaired) electrons. The van der Waals surface area contributed by atoms with E-state index in [1.54, 1.807) is 0 Å². The quantitative estimate of drug-likeness (QED) is 0.743. The van der Waals surface area contributed by atoms with E-state index in [4.69, 9.17) is 11.6 Å². The first kappa shape index (κ1) is 12.1. The highest BCUT2D eigenvalue weighted by molar-refractivity contribution is 6.32. The Morgan fingerprint density at radius 3 is 2.72 bits per heavy atom. The molecule has 0 spiro atoms. The molecule has 1 aromatic heterocycles. The van der Waals surface area contributed by atoms with E-state index in [2.05, 4.69) is 37.1 Å². The minimum absolute atomic E-state index is 0.0669. The molecule has 1 aliphatic heterocycles. The minimum atomic E-state index is 0.0669. The SMILES string of the molecule is CC(C)(C)c1c(Cl)ccc2[nH]c3c(c12)CCNC3. The molecule has 2 nitrogen and oxygen atoms in total. The molecule has 0 saturated heterocycles. The van der Waals surface area contributed by atoms with Crippen LogP contribution in [0.25, 0.3) is 10.9 Å². The molecule has 2 aromatic rings. The zero-order valence-corrected chi connectivity index (χ0v) is 11.9. The smallest absolute Gasteiger partial charge is 0.0463 e. The van der Waals surface area contributed by atoms with Gasteiger partial charge in [-0.25, -0.2) is 0 Å². The Bertz CT molecular complexity index is 605. The Kier molecular flexibility index (Phi) is 2.68. The van der Waals surface area contributed by atoms with Crippen LogP contribution in [0.1, 0.15) is 37.6 Å². The highest BCUT2D eigenvalue weighted by atomic mass is 35.5. The Morgan fingerprint density at radius 1 is 1.22 bits per heavy atom. The third-order valence-corrected chi connectivity index (χ3v) is 4.02. The molecular weight excluding hydrogens is 244 g/mol. The van der Waals surface area contributed by atoms with Crippen molar-refractivity contribution in [3.63, 3.8) is 0 Å². The van der Waals surface area contributed by atoms with E-state index >= 15 is 0 Å². The molecule has 0 saturated carbocycles. The van der Waals surface area contributed by atoms with Gasteiger partial charge in [0.15, 0.2) is 0 Å². The summed E-state index contributed by atoms with van der Waals surface area (Å²) in [5, 5.41) is 5.65. The summed E-state index contributed by atoms with van der Waals surface area (Å²) < 4.78 is 0. The maximum Gasteiger partial charge on any atom is 0.0463 e. The van der Waals surface area contributed by atoms with Crippen LogP contribution >= 0.6 is 11.6 Å². The van der Waals surface area contributed by atoms with Crippen molar-refractivity contribution in [3.05, 3.63) is 34.0 Å². The molecular formula is C15H19ClN2. The lowest BCUT2D eigenvalue weighted by molar-refractivity contribution is 0.594. The molecule has 2 N–H and O–H groups in total. The molecule has 0 amide bonds. The number of benzene rings is 1. The number of aromatic nitrogens is 1. The fraction of sp³-hybridized carbons (Fsp3) is 0.467.